The van der Waals surface area contributed by atoms with Crippen LogP contribution < -0.4 is 10.2 Å². The SMILES string of the molecule is Cc1cc(NC(=O)CCBr)ccc1N1CCCC1=O. The summed E-state index contributed by atoms with van der Waals surface area (Å²) in [6, 6.07) is 5.66. The van der Waals surface area contributed by atoms with E-state index < -0.39 is 0 Å². The lowest BCUT2D eigenvalue weighted by Gasteiger charge is -2.19. The first-order valence-electron chi connectivity index (χ1n) is 6.38. The van der Waals surface area contributed by atoms with Crippen LogP contribution in [0.15, 0.2) is 18.2 Å². The lowest BCUT2D eigenvalue weighted by molar-refractivity contribution is -0.117. The average Bonchev–Trinajstić information content (AvgIpc) is 2.76. The quantitative estimate of drug-likeness (QED) is 0.866. The van der Waals surface area contributed by atoms with Gasteiger partial charge in [0.15, 0.2) is 0 Å². The first-order chi connectivity index (χ1) is 9.11. The molecule has 1 N–H and O–H groups in total. The van der Waals surface area contributed by atoms with Crippen LogP contribution in [0.1, 0.15) is 24.8 Å². The summed E-state index contributed by atoms with van der Waals surface area (Å²) in [6.45, 7) is 2.75. The number of amides is 2. The third-order valence-electron chi connectivity index (χ3n) is 3.17. The molecule has 102 valence electrons. The predicted molar refractivity (Wildman–Crippen MR) is 79.8 cm³/mol. The van der Waals surface area contributed by atoms with Gasteiger partial charge in [-0.15, -0.1) is 0 Å². The van der Waals surface area contributed by atoms with Crippen molar-refractivity contribution in [1.82, 2.24) is 0 Å². The average molecular weight is 325 g/mol. The van der Waals surface area contributed by atoms with Crippen LogP contribution in [0.2, 0.25) is 0 Å². The van der Waals surface area contributed by atoms with Crippen molar-refractivity contribution in [3.05, 3.63) is 23.8 Å². The zero-order valence-corrected chi connectivity index (χ0v) is 12.5. The van der Waals surface area contributed by atoms with Crippen LogP contribution in [-0.4, -0.2) is 23.7 Å². The molecule has 0 bridgehead atoms. The van der Waals surface area contributed by atoms with Gasteiger partial charge in [-0.05, 0) is 37.1 Å². The summed E-state index contributed by atoms with van der Waals surface area (Å²) in [4.78, 5) is 25.1. The van der Waals surface area contributed by atoms with Crippen LogP contribution >= 0.6 is 15.9 Å². The molecule has 1 aliphatic heterocycles. The molecule has 2 amide bonds. The van der Waals surface area contributed by atoms with Crippen molar-refractivity contribution in [2.24, 2.45) is 0 Å². The molecule has 0 aromatic heterocycles. The van der Waals surface area contributed by atoms with Gasteiger partial charge in [-0.25, -0.2) is 0 Å². The molecule has 0 unspecified atom stereocenters. The van der Waals surface area contributed by atoms with Gasteiger partial charge < -0.3 is 10.2 Å². The second kappa shape index (κ2) is 6.19. The van der Waals surface area contributed by atoms with Gasteiger partial charge >= 0.3 is 0 Å². The van der Waals surface area contributed by atoms with Crippen LogP contribution in [0, 0.1) is 6.92 Å². The Hall–Kier alpha value is -1.36. The Bertz CT molecular complexity index is 502. The summed E-state index contributed by atoms with van der Waals surface area (Å²) in [5.41, 5.74) is 2.73. The zero-order chi connectivity index (χ0) is 13.8. The van der Waals surface area contributed by atoms with Gasteiger partial charge in [0, 0.05) is 36.1 Å². The molecule has 1 aromatic rings. The van der Waals surface area contributed by atoms with E-state index in [-0.39, 0.29) is 11.8 Å². The minimum atomic E-state index is -0.0127. The molecule has 0 spiro atoms. The van der Waals surface area contributed by atoms with Crippen LogP contribution in [0.4, 0.5) is 11.4 Å². The van der Waals surface area contributed by atoms with Crippen LogP contribution in [-0.2, 0) is 9.59 Å². The Morgan fingerprint density at radius 1 is 1.47 bits per heavy atom. The number of alkyl halides is 1. The van der Waals surface area contributed by atoms with Gasteiger partial charge in [0.25, 0.3) is 0 Å². The summed E-state index contributed by atoms with van der Waals surface area (Å²) in [6.07, 6.45) is 2.00. The highest BCUT2D eigenvalue weighted by molar-refractivity contribution is 9.09. The predicted octanol–water partition coefficient (Wildman–Crippen LogP) is 2.85. The number of carbonyl (C=O) groups is 2. The van der Waals surface area contributed by atoms with E-state index in [1.165, 1.54) is 0 Å². The van der Waals surface area contributed by atoms with E-state index in [9.17, 15) is 9.59 Å². The number of nitrogens with zero attached hydrogens (tertiary/aromatic N) is 1. The minimum Gasteiger partial charge on any atom is -0.326 e. The van der Waals surface area contributed by atoms with E-state index in [0.717, 1.165) is 29.9 Å². The maximum Gasteiger partial charge on any atom is 0.227 e. The monoisotopic (exact) mass is 324 g/mol. The molecule has 1 heterocycles. The first kappa shape index (κ1) is 14.1. The molecule has 1 aromatic carbocycles. The second-order valence-corrected chi connectivity index (χ2v) is 5.43. The van der Waals surface area contributed by atoms with E-state index >= 15 is 0 Å². The summed E-state index contributed by atoms with van der Waals surface area (Å²) < 4.78 is 0. The Balaban J connectivity index is 2.13. The van der Waals surface area contributed by atoms with E-state index in [1.807, 2.05) is 30.0 Å². The van der Waals surface area contributed by atoms with Crippen molar-refractivity contribution in [3.63, 3.8) is 0 Å². The van der Waals surface area contributed by atoms with Gasteiger partial charge in [0.1, 0.15) is 0 Å². The normalized spacial score (nSPS) is 14.8. The Labute approximate surface area is 121 Å². The Kier molecular flexibility index (Phi) is 4.58. The topological polar surface area (TPSA) is 49.4 Å². The van der Waals surface area contributed by atoms with Gasteiger partial charge in [-0.1, -0.05) is 15.9 Å². The number of anilines is 2. The maximum absolute atomic E-state index is 11.7. The molecule has 1 saturated heterocycles. The molecular formula is C14H17BrN2O2. The molecule has 0 aliphatic carbocycles. The second-order valence-electron chi connectivity index (χ2n) is 4.64. The Morgan fingerprint density at radius 3 is 2.84 bits per heavy atom. The molecule has 0 radical (unpaired) electrons. The summed E-state index contributed by atoms with van der Waals surface area (Å²) in [5, 5.41) is 3.49. The third kappa shape index (κ3) is 3.35. The largest absolute Gasteiger partial charge is 0.326 e. The molecule has 4 nitrogen and oxygen atoms in total. The minimum absolute atomic E-state index is 0.0127. The smallest absolute Gasteiger partial charge is 0.227 e. The number of rotatable bonds is 4. The Morgan fingerprint density at radius 2 is 2.26 bits per heavy atom. The van der Waals surface area contributed by atoms with Gasteiger partial charge in [0.05, 0.1) is 0 Å². The van der Waals surface area contributed by atoms with Crippen molar-refractivity contribution in [2.45, 2.75) is 26.2 Å². The van der Waals surface area contributed by atoms with E-state index in [4.69, 9.17) is 0 Å². The third-order valence-corrected chi connectivity index (χ3v) is 3.56. The molecular weight excluding hydrogens is 308 g/mol. The van der Waals surface area contributed by atoms with Gasteiger partial charge in [-0.2, -0.15) is 0 Å². The molecule has 1 aliphatic rings. The molecule has 1 fully saturated rings. The van der Waals surface area contributed by atoms with Crippen LogP contribution in [0.25, 0.3) is 0 Å². The number of aryl methyl sites for hydroxylation is 1. The fourth-order valence-electron chi connectivity index (χ4n) is 2.25. The van der Waals surface area contributed by atoms with Crippen molar-refractivity contribution < 1.29 is 9.59 Å². The van der Waals surface area contributed by atoms with Gasteiger partial charge in [-0.3, -0.25) is 9.59 Å². The van der Waals surface area contributed by atoms with E-state index in [1.54, 1.807) is 0 Å². The number of hydrogen-bond donors (Lipinski definition) is 1. The fourth-order valence-corrected chi connectivity index (χ4v) is 2.61. The number of benzene rings is 1. The summed E-state index contributed by atoms with van der Waals surface area (Å²) in [5.74, 6) is 0.167. The summed E-state index contributed by atoms with van der Waals surface area (Å²) >= 11 is 3.24. The lowest BCUT2D eigenvalue weighted by atomic mass is 10.1. The van der Waals surface area contributed by atoms with Crippen molar-refractivity contribution in [3.8, 4) is 0 Å². The molecule has 0 saturated carbocycles. The fraction of sp³-hybridized carbons (Fsp3) is 0.429. The number of hydrogen-bond acceptors (Lipinski definition) is 2. The molecule has 5 heteroatoms. The number of nitrogens with one attached hydrogen (secondary N) is 1. The number of halogens is 1. The van der Waals surface area contributed by atoms with Crippen LogP contribution in [0.3, 0.4) is 0 Å². The van der Waals surface area contributed by atoms with Crippen molar-refractivity contribution in [2.75, 3.05) is 22.1 Å². The highest BCUT2D eigenvalue weighted by Gasteiger charge is 2.22. The maximum atomic E-state index is 11.7. The molecule has 2 rings (SSSR count). The van der Waals surface area contributed by atoms with Crippen molar-refractivity contribution >= 4 is 39.1 Å². The standard InChI is InChI=1S/C14H17BrN2O2/c1-10-9-11(16-13(18)6-7-15)4-5-12(10)17-8-2-3-14(17)19/h4-5,9H,2-3,6-8H2,1H3,(H,16,18). The van der Waals surface area contributed by atoms with E-state index in [2.05, 4.69) is 21.2 Å². The van der Waals surface area contributed by atoms with E-state index in [0.29, 0.717) is 18.2 Å². The van der Waals surface area contributed by atoms with Crippen LogP contribution in [0.5, 0.6) is 0 Å². The molecule has 19 heavy (non-hydrogen) atoms. The van der Waals surface area contributed by atoms with Crippen molar-refractivity contribution in [1.29, 1.82) is 0 Å². The number of carbonyl (C=O) groups excluding carboxylic acids is 2. The zero-order valence-electron chi connectivity index (χ0n) is 10.9. The molecule has 0 atom stereocenters. The highest BCUT2D eigenvalue weighted by Crippen LogP contribution is 2.27. The highest BCUT2D eigenvalue weighted by atomic mass is 79.9. The summed E-state index contributed by atoms with van der Waals surface area (Å²) in [7, 11) is 0. The first-order valence-corrected chi connectivity index (χ1v) is 7.51. The van der Waals surface area contributed by atoms with Gasteiger partial charge in [0.2, 0.25) is 11.8 Å². The lowest BCUT2D eigenvalue weighted by Crippen LogP contribution is -2.24.